The first-order chi connectivity index (χ1) is 9.94. The maximum absolute atomic E-state index is 12.3. The molecule has 1 unspecified atom stereocenters. The fourth-order valence-corrected chi connectivity index (χ4v) is 2.96. The lowest BCUT2D eigenvalue weighted by molar-refractivity contribution is 0.577. The number of sulfonamides is 1. The van der Waals surface area contributed by atoms with E-state index >= 15 is 0 Å². The van der Waals surface area contributed by atoms with E-state index in [-0.39, 0.29) is 17.5 Å². The predicted octanol–water partition coefficient (Wildman–Crippen LogP) is 1.18. The van der Waals surface area contributed by atoms with Crippen molar-refractivity contribution in [1.29, 1.82) is 0 Å². The minimum Gasteiger partial charge on any atom is -0.337 e. The highest BCUT2D eigenvalue weighted by atomic mass is 32.2. The summed E-state index contributed by atoms with van der Waals surface area (Å²) in [6.07, 6.45) is 3.41. The molecule has 0 aliphatic carbocycles. The summed E-state index contributed by atoms with van der Waals surface area (Å²) in [5, 5.41) is 3.09. The number of rotatable bonds is 6. The monoisotopic (exact) mass is 308 g/mol. The minimum absolute atomic E-state index is 0.0923. The Labute approximate surface area is 125 Å². The van der Waals surface area contributed by atoms with Gasteiger partial charge in [-0.2, -0.15) is 0 Å². The molecule has 0 fully saturated rings. The van der Waals surface area contributed by atoms with Gasteiger partial charge in [0.1, 0.15) is 5.82 Å². The molecular formula is C14H20N4O2S. The van der Waals surface area contributed by atoms with Crippen LogP contribution in [0.1, 0.15) is 24.4 Å². The molecule has 0 aliphatic heterocycles. The minimum atomic E-state index is -3.55. The van der Waals surface area contributed by atoms with Crippen LogP contribution in [0.15, 0.2) is 41.6 Å². The van der Waals surface area contributed by atoms with Crippen LogP contribution in [0.5, 0.6) is 0 Å². The van der Waals surface area contributed by atoms with Gasteiger partial charge in [-0.1, -0.05) is 12.1 Å². The molecule has 6 nitrogen and oxygen atoms in total. The number of hydrogen-bond donors (Lipinski definition) is 2. The molecule has 0 bridgehead atoms. The van der Waals surface area contributed by atoms with E-state index in [2.05, 4.69) is 15.0 Å². The lowest BCUT2D eigenvalue weighted by Crippen LogP contribution is -2.25. The summed E-state index contributed by atoms with van der Waals surface area (Å²) in [6.45, 7) is 2.14. The van der Waals surface area contributed by atoms with E-state index in [1.54, 1.807) is 35.2 Å². The maximum atomic E-state index is 12.3. The van der Waals surface area contributed by atoms with Gasteiger partial charge in [-0.05, 0) is 31.7 Å². The summed E-state index contributed by atoms with van der Waals surface area (Å²) in [5.41, 5.74) is 0.928. The summed E-state index contributed by atoms with van der Waals surface area (Å²) in [6, 6.07) is 7.01. The highest BCUT2D eigenvalue weighted by Gasteiger charge is 2.16. The smallest absolute Gasteiger partial charge is 0.240 e. The average Bonchev–Trinajstić information content (AvgIpc) is 2.90. The Morgan fingerprint density at radius 2 is 2.14 bits per heavy atom. The number of benzene rings is 1. The molecular weight excluding hydrogens is 288 g/mol. The van der Waals surface area contributed by atoms with Crippen LogP contribution < -0.4 is 10.0 Å². The SMILES string of the molecule is CNC(C)c1cccc(S(=O)(=O)NCc2nccn2C)c1. The number of imidazole rings is 1. The maximum Gasteiger partial charge on any atom is 0.240 e. The van der Waals surface area contributed by atoms with Crippen LogP contribution >= 0.6 is 0 Å². The molecule has 7 heteroatoms. The van der Waals surface area contributed by atoms with Gasteiger partial charge in [0.25, 0.3) is 0 Å². The molecule has 0 radical (unpaired) electrons. The first kappa shape index (κ1) is 15.7. The topological polar surface area (TPSA) is 76.0 Å². The van der Waals surface area contributed by atoms with Crippen molar-refractivity contribution in [3.05, 3.63) is 48.0 Å². The molecule has 0 saturated heterocycles. The van der Waals surface area contributed by atoms with Gasteiger partial charge in [-0.25, -0.2) is 18.1 Å². The molecule has 0 saturated carbocycles. The van der Waals surface area contributed by atoms with E-state index in [4.69, 9.17) is 0 Å². The Kier molecular flexibility index (Phi) is 4.76. The van der Waals surface area contributed by atoms with Crippen molar-refractivity contribution in [2.75, 3.05) is 7.05 Å². The van der Waals surface area contributed by atoms with E-state index in [9.17, 15) is 8.42 Å². The zero-order chi connectivity index (χ0) is 15.5. The summed E-state index contributed by atoms with van der Waals surface area (Å²) in [4.78, 5) is 4.36. The van der Waals surface area contributed by atoms with E-state index in [1.807, 2.05) is 27.1 Å². The van der Waals surface area contributed by atoms with E-state index in [1.165, 1.54) is 0 Å². The second kappa shape index (κ2) is 6.38. The van der Waals surface area contributed by atoms with Gasteiger partial charge in [-0.3, -0.25) is 0 Å². The van der Waals surface area contributed by atoms with Gasteiger partial charge in [0, 0.05) is 25.5 Å². The Morgan fingerprint density at radius 3 is 2.76 bits per heavy atom. The van der Waals surface area contributed by atoms with Crippen molar-refractivity contribution in [2.24, 2.45) is 7.05 Å². The fraction of sp³-hybridized carbons (Fsp3) is 0.357. The van der Waals surface area contributed by atoms with Crippen LogP contribution in [0.2, 0.25) is 0 Å². The molecule has 2 aromatic rings. The normalized spacial score (nSPS) is 13.3. The standard InChI is InChI=1S/C14H20N4O2S/c1-11(15-2)12-5-4-6-13(9-12)21(19,20)17-10-14-16-7-8-18(14)3/h4-9,11,15,17H,10H2,1-3H3. The highest BCUT2D eigenvalue weighted by molar-refractivity contribution is 7.89. The van der Waals surface area contributed by atoms with Gasteiger partial charge in [0.15, 0.2) is 0 Å². The van der Waals surface area contributed by atoms with Gasteiger partial charge in [0.05, 0.1) is 11.4 Å². The molecule has 1 aromatic heterocycles. The average molecular weight is 308 g/mol. The number of nitrogens with one attached hydrogen (secondary N) is 2. The number of aryl methyl sites for hydroxylation is 1. The molecule has 0 amide bonds. The van der Waals surface area contributed by atoms with Crippen molar-refractivity contribution >= 4 is 10.0 Å². The Morgan fingerprint density at radius 1 is 1.38 bits per heavy atom. The van der Waals surface area contributed by atoms with Crippen LogP contribution in [0.25, 0.3) is 0 Å². The lowest BCUT2D eigenvalue weighted by Gasteiger charge is -2.12. The van der Waals surface area contributed by atoms with E-state index < -0.39 is 10.0 Å². The number of nitrogens with zero attached hydrogens (tertiary/aromatic N) is 2. The summed E-state index contributed by atoms with van der Waals surface area (Å²) < 4.78 is 29.0. The molecule has 1 heterocycles. The lowest BCUT2D eigenvalue weighted by atomic mass is 10.1. The van der Waals surface area contributed by atoms with Crippen LogP contribution in [-0.4, -0.2) is 25.0 Å². The number of aromatic nitrogens is 2. The second-order valence-corrected chi connectivity index (χ2v) is 6.63. The first-order valence-electron chi connectivity index (χ1n) is 6.67. The van der Waals surface area contributed by atoms with Crippen molar-refractivity contribution in [1.82, 2.24) is 19.6 Å². The summed E-state index contributed by atoms with van der Waals surface area (Å²) in [5.74, 6) is 0.665. The highest BCUT2D eigenvalue weighted by Crippen LogP contribution is 2.17. The van der Waals surface area contributed by atoms with Gasteiger partial charge < -0.3 is 9.88 Å². The third kappa shape index (κ3) is 3.69. The van der Waals surface area contributed by atoms with Gasteiger partial charge in [0.2, 0.25) is 10.0 Å². The quantitative estimate of drug-likeness (QED) is 0.840. The van der Waals surface area contributed by atoms with Crippen LogP contribution in [-0.2, 0) is 23.6 Å². The van der Waals surface area contributed by atoms with Gasteiger partial charge in [-0.15, -0.1) is 0 Å². The molecule has 2 rings (SSSR count). The van der Waals surface area contributed by atoms with Crippen LogP contribution in [0, 0.1) is 0 Å². The van der Waals surface area contributed by atoms with E-state index in [0.717, 1.165) is 5.56 Å². The zero-order valence-electron chi connectivity index (χ0n) is 12.4. The van der Waals surface area contributed by atoms with Crippen LogP contribution in [0.4, 0.5) is 0 Å². The Balaban J connectivity index is 2.18. The summed E-state index contributed by atoms with van der Waals surface area (Å²) in [7, 11) is 0.115. The largest absolute Gasteiger partial charge is 0.337 e. The number of hydrogen-bond acceptors (Lipinski definition) is 4. The van der Waals surface area contributed by atoms with Gasteiger partial charge >= 0.3 is 0 Å². The molecule has 1 atom stereocenters. The fourth-order valence-electron chi connectivity index (χ4n) is 1.93. The summed E-state index contributed by atoms with van der Waals surface area (Å²) >= 11 is 0. The third-order valence-electron chi connectivity index (χ3n) is 3.44. The molecule has 21 heavy (non-hydrogen) atoms. The molecule has 0 spiro atoms. The molecule has 1 aromatic carbocycles. The predicted molar refractivity (Wildman–Crippen MR) is 81.2 cm³/mol. The molecule has 114 valence electrons. The van der Waals surface area contributed by atoms with Crippen molar-refractivity contribution in [3.8, 4) is 0 Å². The third-order valence-corrected chi connectivity index (χ3v) is 4.84. The first-order valence-corrected chi connectivity index (χ1v) is 8.15. The van der Waals surface area contributed by atoms with Crippen molar-refractivity contribution < 1.29 is 8.42 Å². The molecule has 0 aliphatic rings. The van der Waals surface area contributed by atoms with Crippen molar-refractivity contribution in [2.45, 2.75) is 24.4 Å². The van der Waals surface area contributed by atoms with Crippen LogP contribution in [0.3, 0.4) is 0 Å². The van der Waals surface area contributed by atoms with Crippen molar-refractivity contribution in [3.63, 3.8) is 0 Å². The Hall–Kier alpha value is -1.70. The van der Waals surface area contributed by atoms with E-state index in [0.29, 0.717) is 5.82 Å². The second-order valence-electron chi connectivity index (χ2n) is 4.86. The molecule has 2 N–H and O–H groups in total. The Bertz CT molecular complexity index is 709. The zero-order valence-corrected chi connectivity index (χ0v) is 13.2.